The van der Waals surface area contributed by atoms with E-state index in [9.17, 15) is 0 Å². The van der Waals surface area contributed by atoms with Gasteiger partial charge in [-0.25, -0.2) is 0 Å². The Bertz CT molecular complexity index is 580. The van der Waals surface area contributed by atoms with Gasteiger partial charge in [0.2, 0.25) is 0 Å². The molecule has 0 fully saturated rings. The second-order valence-corrected chi connectivity index (χ2v) is 4.53. The molecule has 102 valence electrons. The Morgan fingerprint density at radius 2 is 2.21 bits per heavy atom. The number of benzene rings is 1. The van der Waals surface area contributed by atoms with E-state index in [4.69, 9.17) is 9.52 Å². The number of aliphatic hydroxyl groups excluding tert-OH is 1. The van der Waals surface area contributed by atoms with Crippen LogP contribution in [0.1, 0.15) is 18.1 Å². The van der Waals surface area contributed by atoms with Crippen LogP contribution < -0.4 is 5.32 Å². The molecule has 5 heteroatoms. The number of hydrogen-bond acceptors (Lipinski definition) is 4. The first-order chi connectivity index (χ1) is 8.88. The molecule has 1 atom stereocenters. The average Bonchev–Trinajstić information content (AvgIpc) is 3.02. The molecule has 3 rings (SSSR count). The van der Waals surface area contributed by atoms with Crippen LogP contribution in [-0.2, 0) is 0 Å². The summed E-state index contributed by atoms with van der Waals surface area (Å²) in [5, 5.41) is 14.2. The van der Waals surface area contributed by atoms with Crippen LogP contribution in [0.4, 0.5) is 0 Å². The number of fused-ring (bicyclic) bond motifs is 1. The molecular formula is C14H17ClN2O2. The highest BCUT2D eigenvalue weighted by Crippen LogP contribution is 2.32. The summed E-state index contributed by atoms with van der Waals surface area (Å²) in [6.07, 6.45) is 2.67. The summed E-state index contributed by atoms with van der Waals surface area (Å²) >= 11 is 0. The molecule has 1 aliphatic rings. The fraction of sp³-hybridized carbons (Fsp3) is 0.357. The minimum Gasteiger partial charge on any atom is -0.468 e. The number of nitrogens with one attached hydrogen (secondary N) is 1. The van der Waals surface area contributed by atoms with E-state index in [0.29, 0.717) is 12.5 Å². The highest BCUT2D eigenvalue weighted by molar-refractivity contribution is 5.88. The first-order valence-corrected chi connectivity index (χ1v) is 6.22. The molecule has 1 aromatic heterocycles. The van der Waals surface area contributed by atoms with Crippen LogP contribution in [0, 0.1) is 0 Å². The minimum atomic E-state index is 0. The Kier molecular flexibility index (Phi) is 4.45. The third-order valence-corrected chi connectivity index (χ3v) is 3.29. The van der Waals surface area contributed by atoms with Crippen LogP contribution >= 0.6 is 12.4 Å². The Morgan fingerprint density at radius 1 is 1.37 bits per heavy atom. The number of furan rings is 1. The lowest BCUT2D eigenvalue weighted by Crippen LogP contribution is -2.25. The van der Waals surface area contributed by atoms with Gasteiger partial charge in [-0.1, -0.05) is 24.3 Å². The molecule has 0 saturated carbocycles. The maximum absolute atomic E-state index is 8.78. The van der Waals surface area contributed by atoms with Crippen molar-refractivity contribution in [2.24, 2.45) is 4.99 Å². The number of nitrogens with zero attached hydrogens (tertiary/aromatic N) is 1. The van der Waals surface area contributed by atoms with E-state index < -0.39 is 0 Å². The SMILES string of the molecule is Cl.OCCNC1=NCC(c2occ3ccccc23)C1. The minimum absolute atomic E-state index is 0. The maximum Gasteiger partial charge on any atom is 0.116 e. The number of hydrogen-bond donors (Lipinski definition) is 2. The molecule has 1 unspecified atom stereocenters. The van der Waals surface area contributed by atoms with Crippen LogP contribution in [0.2, 0.25) is 0 Å². The normalized spacial score (nSPS) is 18.2. The number of amidine groups is 1. The van der Waals surface area contributed by atoms with Gasteiger partial charge in [0.05, 0.1) is 25.3 Å². The Balaban J connectivity index is 0.00000133. The quantitative estimate of drug-likeness (QED) is 0.907. The third kappa shape index (κ3) is 2.74. The smallest absolute Gasteiger partial charge is 0.116 e. The molecule has 0 radical (unpaired) electrons. The summed E-state index contributed by atoms with van der Waals surface area (Å²) in [7, 11) is 0. The van der Waals surface area contributed by atoms with Crippen LogP contribution in [0.3, 0.4) is 0 Å². The molecule has 4 nitrogen and oxygen atoms in total. The van der Waals surface area contributed by atoms with Gasteiger partial charge in [0, 0.05) is 29.7 Å². The zero-order chi connectivity index (χ0) is 12.4. The van der Waals surface area contributed by atoms with Crippen LogP contribution in [-0.4, -0.2) is 30.6 Å². The standard InChI is InChI=1S/C14H16N2O2.ClH/c17-6-5-15-13-7-11(8-16-13)14-12-4-2-1-3-10(12)9-18-14;/h1-4,9,11,17H,5-8H2,(H,15,16);1H. The lowest BCUT2D eigenvalue weighted by molar-refractivity contribution is 0.300. The molecule has 0 amide bonds. The molecule has 2 N–H and O–H groups in total. The number of aliphatic imine (C=N–C) groups is 1. The zero-order valence-corrected chi connectivity index (χ0v) is 11.3. The molecule has 1 aliphatic heterocycles. The van der Waals surface area contributed by atoms with E-state index in [1.807, 2.05) is 18.4 Å². The fourth-order valence-electron chi connectivity index (χ4n) is 2.42. The second-order valence-electron chi connectivity index (χ2n) is 4.53. The molecule has 0 spiro atoms. The van der Waals surface area contributed by atoms with E-state index in [-0.39, 0.29) is 19.0 Å². The van der Waals surface area contributed by atoms with Crippen molar-refractivity contribution in [3.63, 3.8) is 0 Å². The van der Waals surface area contributed by atoms with Crippen molar-refractivity contribution in [2.45, 2.75) is 12.3 Å². The van der Waals surface area contributed by atoms with Crippen molar-refractivity contribution >= 4 is 29.0 Å². The van der Waals surface area contributed by atoms with Crippen LogP contribution in [0.5, 0.6) is 0 Å². The van der Waals surface area contributed by atoms with Gasteiger partial charge in [0.1, 0.15) is 5.76 Å². The van der Waals surface area contributed by atoms with Gasteiger partial charge in [-0.05, 0) is 0 Å². The molecular weight excluding hydrogens is 264 g/mol. The van der Waals surface area contributed by atoms with Crippen molar-refractivity contribution in [3.05, 3.63) is 36.3 Å². The predicted molar refractivity (Wildman–Crippen MR) is 78.2 cm³/mol. The Labute approximate surface area is 117 Å². The Hall–Kier alpha value is -1.52. The first-order valence-electron chi connectivity index (χ1n) is 6.22. The highest BCUT2D eigenvalue weighted by atomic mass is 35.5. The topological polar surface area (TPSA) is 57.8 Å². The van der Waals surface area contributed by atoms with Crippen LogP contribution in [0.25, 0.3) is 10.8 Å². The van der Waals surface area contributed by atoms with Gasteiger partial charge in [-0.2, -0.15) is 0 Å². The fourth-order valence-corrected chi connectivity index (χ4v) is 2.42. The van der Waals surface area contributed by atoms with Gasteiger partial charge < -0.3 is 14.8 Å². The van der Waals surface area contributed by atoms with Gasteiger partial charge >= 0.3 is 0 Å². The summed E-state index contributed by atoms with van der Waals surface area (Å²) in [6, 6.07) is 8.19. The lowest BCUT2D eigenvalue weighted by atomic mass is 10.0. The van der Waals surface area contributed by atoms with Crippen molar-refractivity contribution in [1.29, 1.82) is 0 Å². The number of halogens is 1. The van der Waals surface area contributed by atoms with Crippen LogP contribution in [0.15, 0.2) is 39.9 Å². The second kappa shape index (κ2) is 6.08. The van der Waals surface area contributed by atoms with Crippen molar-refractivity contribution < 1.29 is 9.52 Å². The summed E-state index contributed by atoms with van der Waals surface area (Å²) < 4.78 is 5.70. The largest absolute Gasteiger partial charge is 0.468 e. The molecule has 19 heavy (non-hydrogen) atoms. The predicted octanol–water partition coefficient (Wildman–Crippen LogP) is 2.32. The first kappa shape index (κ1) is 13.9. The molecule has 0 aliphatic carbocycles. The molecule has 0 saturated heterocycles. The number of rotatable bonds is 3. The van der Waals surface area contributed by atoms with E-state index in [1.165, 1.54) is 5.39 Å². The van der Waals surface area contributed by atoms with E-state index in [0.717, 1.165) is 29.9 Å². The van der Waals surface area contributed by atoms with Gasteiger partial charge in [0.25, 0.3) is 0 Å². The monoisotopic (exact) mass is 280 g/mol. The highest BCUT2D eigenvalue weighted by Gasteiger charge is 2.24. The summed E-state index contributed by atoms with van der Waals surface area (Å²) in [5.74, 6) is 2.30. The molecule has 0 bridgehead atoms. The zero-order valence-electron chi connectivity index (χ0n) is 10.5. The lowest BCUT2D eigenvalue weighted by Gasteiger charge is -2.07. The van der Waals surface area contributed by atoms with Crippen molar-refractivity contribution in [2.75, 3.05) is 19.7 Å². The van der Waals surface area contributed by atoms with Gasteiger partial charge in [-0.15, -0.1) is 12.4 Å². The summed E-state index contributed by atoms with van der Waals surface area (Å²) in [6.45, 7) is 1.45. The molecule has 1 aromatic carbocycles. The van der Waals surface area contributed by atoms with Crippen molar-refractivity contribution in [3.8, 4) is 0 Å². The summed E-state index contributed by atoms with van der Waals surface area (Å²) in [4.78, 5) is 4.45. The number of aliphatic hydroxyl groups is 1. The van der Waals surface area contributed by atoms with E-state index >= 15 is 0 Å². The van der Waals surface area contributed by atoms with Gasteiger partial charge in [-0.3, -0.25) is 4.99 Å². The Morgan fingerprint density at radius 3 is 3.05 bits per heavy atom. The molecule has 2 aromatic rings. The average molecular weight is 281 g/mol. The summed E-state index contributed by atoms with van der Waals surface area (Å²) in [5.41, 5.74) is 0. The van der Waals surface area contributed by atoms with Crippen molar-refractivity contribution in [1.82, 2.24) is 5.32 Å². The van der Waals surface area contributed by atoms with E-state index in [1.54, 1.807) is 0 Å². The van der Waals surface area contributed by atoms with Gasteiger partial charge in [0.15, 0.2) is 0 Å². The molecule has 2 heterocycles. The third-order valence-electron chi connectivity index (χ3n) is 3.29. The van der Waals surface area contributed by atoms with E-state index in [2.05, 4.69) is 22.4 Å². The maximum atomic E-state index is 8.78.